The zero-order valence-electron chi connectivity index (χ0n) is 9.32. The molecule has 7 heteroatoms. The van der Waals surface area contributed by atoms with Crippen LogP contribution in [0.1, 0.15) is 10.5 Å². The van der Waals surface area contributed by atoms with Gasteiger partial charge in [0.1, 0.15) is 11.6 Å². The summed E-state index contributed by atoms with van der Waals surface area (Å²) in [5.41, 5.74) is -0.170. The summed E-state index contributed by atoms with van der Waals surface area (Å²) in [7, 11) is 0. The van der Waals surface area contributed by atoms with Crippen LogP contribution in [0, 0.1) is 5.82 Å². The van der Waals surface area contributed by atoms with Gasteiger partial charge in [-0.15, -0.1) is 0 Å². The van der Waals surface area contributed by atoms with E-state index >= 15 is 0 Å². The van der Waals surface area contributed by atoms with Crippen LogP contribution in [0.3, 0.4) is 0 Å². The molecule has 1 aromatic heterocycles. The lowest BCUT2D eigenvalue weighted by Crippen LogP contribution is -2.04. The predicted molar refractivity (Wildman–Crippen MR) is 70.9 cm³/mol. The Hall–Kier alpha value is -1.85. The third kappa shape index (κ3) is 3.13. The maximum Gasteiger partial charge on any atom is 0.356 e. The van der Waals surface area contributed by atoms with E-state index in [2.05, 4.69) is 10.3 Å². The third-order valence-electron chi connectivity index (χ3n) is 2.24. The molecule has 0 unspecified atom stereocenters. The molecule has 0 aliphatic carbocycles. The second-order valence-electron chi connectivity index (χ2n) is 3.58. The van der Waals surface area contributed by atoms with Gasteiger partial charge in [-0.1, -0.05) is 23.2 Å². The fraction of sp³-hybridized carbons (Fsp3) is 0. The summed E-state index contributed by atoms with van der Waals surface area (Å²) in [5, 5.41) is 11.8. The number of carbonyl (C=O) groups is 1. The number of anilines is 2. The number of nitrogens with one attached hydrogen (secondary N) is 1. The number of benzene rings is 1. The summed E-state index contributed by atoms with van der Waals surface area (Å²) in [5.74, 6) is -1.66. The summed E-state index contributed by atoms with van der Waals surface area (Å²) in [6.07, 6.45) is 0. The highest BCUT2D eigenvalue weighted by molar-refractivity contribution is 6.33. The summed E-state index contributed by atoms with van der Waals surface area (Å²) >= 11 is 11.3. The molecule has 2 rings (SSSR count). The van der Waals surface area contributed by atoms with Gasteiger partial charge < -0.3 is 10.4 Å². The molecule has 0 amide bonds. The van der Waals surface area contributed by atoms with Crippen molar-refractivity contribution in [3.63, 3.8) is 0 Å². The van der Waals surface area contributed by atoms with E-state index in [1.807, 2.05) is 0 Å². The maximum absolute atomic E-state index is 13.6. The highest BCUT2D eigenvalue weighted by atomic mass is 35.5. The highest BCUT2D eigenvalue weighted by Gasteiger charge is 2.12. The number of pyridine rings is 1. The molecule has 0 saturated carbocycles. The SMILES string of the molecule is O=C(O)c1nc(Nc2ccc(Cl)cc2F)ccc1Cl. The Balaban J connectivity index is 2.33. The standard InChI is InChI=1S/C12H7Cl2FN2O2/c13-6-1-3-9(8(15)5-6)16-10-4-2-7(14)11(17-10)12(18)19/h1-5H,(H,16,17)(H,18,19). The molecular formula is C12H7Cl2FN2O2. The molecular weight excluding hydrogens is 294 g/mol. The van der Waals surface area contributed by atoms with Crippen LogP contribution in [0.15, 0.2) is 30.3 Å². The summed E-state index contributed by atoms with van der Waals surface area (Å²) in [6, 6.07) is 6.88. The lowest BCUT2D eigenvalue weighted by atomic mass is 10.3. The Morgan fingerprint density at radius 1 is 1.26 bits per heavy atom. The van der Waals surface area contributed by atoms with E-state index in [1.54, 1.807) is 0 Å². The number of halogens is 3. The smallest absolute Gasteiger partial charge is 0.356 e. The first-order valence-electron chi connectivity index (χ1n) is 5.09. The number of hydrogen-bond donors (Lipinski definition) is 2. The van der Waals surface area contributed by atoms with Crippen molar-refractivity contribution in [2.24, 2.45) is 0 Å². The number of carboxylic acid groups (broad SMARTS) is 1. The lowest BCUT2D eigenvalue weighted by molar-refractivity contribution is 0.0691. The Bertz CT molecular complexity index is 650. The Labute approximate surface area is 117 Å². The monoisotopic (exact) mass is 300 g/mol. The van der Waals surface area contributed by atoms with Crippen LogP contribution in [-0.4, -0.2) is 16.1 Å². The molecule has 4 nitrogen and oxygen atoms in total. The van der Waals surface area contributed by atoms with Gasteiger partial charge in [-0.05, 0) is 30.3 Å². The minimum atomic E-state index is -1.26. The molecule has 1 heterocycles. The van der Waals surface area contributed by atoms with Crippen LogP contribution in [0.5, 0.6) is 0 Å². The van der Waals surface area contributed by atoms with Crippen molar-refractivity contribution in [1.82, 2.24) is 4.98 Å². The second kappa shape index (κ2) is 5.42. The van der Waals surface area contributed by atoms with Crippen LogP contribution < -0.4 is 5.32 Å². The number of hydrogen-bond acceptors (Lipinski definition) is 3. The Morgan fingerprint density at radius 2 is 2.00 bits per heavy atom. The molecule has 0 spiro atoms. The van der Waals surface area contributed by atoms with Crippen LogP contribution in [0.25, 0.3) is 0 Å². The van der Waals surface area contributed by atoms with Crippen molar-refractivity contribution in [2.45, 2.75) is 0 Å². The van der Waals surface area contributed by atoms with Gasteiger partial charge in [-0.3, -0.25) is 0 Å². The Morgan fingerprint density at radius 3 is 2.63 bits per heavy atom. The van der Waals surface area contributed by atoms with E-state index in [-0.39, 0.29) is 27.2 Å². The highest BCUT2D eigenvalue weighted by Crippen LogP contribution is 2.23. The molecule has 0 atom stereocenters. The second-order valence-corrected chi connectivity index (χ2v) is 4.42. The number of nitrogens with zero attached hydrogens (tertiary/aromatic N) is 1. The van der Waals surface area contributed by atoms with Crippen molar-refractivity contribution < 1.29 is 14.3 Å². The molecule has 0 fully saturated rings. The van der Waals surface area contributed by atoms with Gasteiger partial charge in [-0.2, -0.15) is 0 Å². The van der Waals surface area contributed by atoms with Gasteiger partial charge >= 0.3 is 5.97 Å². The first-order valence-corrected chi connectivity index (χ1v) is 5.85. The first-order chi connectivity index (χ1) is 8.97. The van der Waals surface area contributed by atoms with Crippen molar-refractivity contribution in [2.75, 3.05) is 5.32 Å². The molecule has 0 radical (unpaired) electrons. The number of rotatable bonds is 3. The van der Waals surface area contributed by atoms with Crippen molar-refractivity contribution in [3.8, 4) is 0 Å². The van der Waals surface area contributed by atoms with Crippen molar-refractivity contribution in [1.29, 1.82) is 0 Å². The molecule has 98 valence electrons. The minimum absolute atomic E-state index is 0.00891. The van der Waals surface area contributed by atoms with E-state index < -0.39 is 11.8 Å². The predicted octanol–water partition coefficient (Wildman–Crippen LogP) is 3.97. The van der Waals surface area contributed by atoms with Gasteiger partial charge in [0, 0.05) is 5.02 Å². The van der Waals surface area contributed by atoms with Gasteiger partial charge in [-0.25, -0.2) is 14.2 Å². The van der Waals surface area contributed by atoms with Crippen LogP contribution in [-0.2, 0) is 0 Å². The molecule has 1 aromatic carbocycles. The van der Waals surface area contributed by atoms with Gasteiger partial charge in [0.25, 0.3) is 0 Å². The topological polar surface area (TPSA) is 62.2 Å². The fourth-order valence-corrected chi connectivity index (χ4v) is 1.74. The summed E-state index contributed by atoms with van der Waals surface area (Å²) in [4.78, 5) is 14.7. The average molecular weight is 301 g/mol. The molecule has 0 saturated heterocycles. The third-order valence-corrected chi connectivity index (χ3v) is 2.78. The molecule has 0 aliphatic heterocycles. The zero-order chi connectivity index (χ0) is 14.0. The maximum atomic E-state index is 13.6. The Kier molecular flexibility index (Phi) is 3.87. The number of aromatic carboxylic acids is 1. The van der Waals surface area contributed by atoms with E-state index in [9.17, 15) is 9.18 Å². The van der Waals surface area contributed by atoms with E-state index in [0.717, 1.165) is 6.07 Å². The number of carboxylic acids is 1. The van der Waals surface area contributed by atoms with E-state index in [4.69, 9.17) is 28.3 Å². The van der Waals surface area contributed by atoms with Crippen molar-refractivity contribution in [3.05, 3.63) is 51.9 Å². The largest absolute Gasteiger partial charge is 0.476 e. The first kappa shape index (κ1) is 13.6. The normalized spacial score (nSPS) is 10.3. The van der Waals surface area contributed by atoms with Crippen LogP contribution >= 0.6 is 23.2 Å². The molecule has 0 aliphatic rings. The van der Waals surface area contributed by atoms with Gasteiger partial charge in [0.2, 0.25) is 0 Å². The van der Waals surface area contributed by atoms with Gasteiger partial charge in [0.05, 0.1) is 10.7 Å². The number of aromatic nitrogens is 1. The van der Waals surface area contributed by atoms with Crippen molar-refractivity contribution >= 4 is 40.7 Å². The molecule has 19 heavy (non-hydrogen) atoms. The zero-order valence-corrected chi connectivity index (χ0v) is 10.8. The van der Waals surface area contributed by atoms with Crippen LogP contribution in [0.2, 0.25) is 10.0 Å². The summed E-state index contributed by atoms with van der Waals surface area (Å²) < 4.78 is 13.6. The lowest BCUT2D eigenvalue weighted by Gasteiger charge is -2.08. The molecule has 0 bridgehead atoms. The van der Waals surface area contributed by atoms with Gasteiger partial charge in [0.15, 0.2) is 5.69 Å². The quantitative estimate of drug-likeness (QED) is 0.900. The minimum Gasteiger partial charge on any atom is -0.476 e. The van der Waals surface area contributed by atoms with Crippen LogP contribution in [0.4, 0.5) is 15.9 Å². The molecule has 2 N–H and O–H groups in total. The molecule has 2 aromatic rings. The van der Waals surface area contributed by atoms with E-state index in [1.165, 1.54) is 24.3 Å². The fourth-order valence-electron chi connectivity index (χ4n) is 1.39. The average Bonchev–Trinajstić information content (AvgIpc) is 2.34. The van der Waals surface area contributed by atoms with E-state index in [0.29, 0.717) is 0 Å². The summed E-state index contributed by atoms with van der Waals surface area (Å²) in [6.45, 7) is 0.